The molecule has 0 amide bonds. The van der Waals surface area contributed by atoms with Crippen molar-refractivity contribution in [2.45, 2.75) is 57.8 Å². The van der Waals surface area contributed by atoms with Crippen LogP contribution in [0.2, 0.25) is 0 Å². The number of ether oxygens (including phenoxy) is 3. The minimum Gasteiger partial charge on any atom is -0.381 e. The zero-order valence-electron chi connectivity index (χ0n) is 12.8. The highest BCUT2D eigenvalue weighted by Gasteiger charge is 2.49. The minimum absolute atomic E-state index is 0.0367. The molecule has 1 aliphatic heterocycles. The molecule has 2 fully saturated rings. The molecule has 2 atom stereocenters. The molecule has 0 radical (unpaired) electrons. The summed E-state index contributed by atoms with van der Waals surface area (Å²) < 4.78 is 17.0. The van der Waals surface area contributed by atoms with Gasteiger partial charge in [-0.25, -0.2) is 0 Å². The fraction of sp³-hybridized carbons (Fsp3) is 1.00. The first-order chi connectivity index (χ1) is 9.04. The second-order valence-electron chi connectivity index (χ2n) is 6.43. The van der Waals surface area contributed by atoms with Gasteiger partial charge in [0.1, 0.15) is 0 Å². The van der Waals surface area contributed by atoms with Crippen LogP contribution in [-0.2, 0) is 14.2 Å². The van der Waals surface area contributed by atoms with Crippen LogP contribution in [0.3, 0.4) is 0 Å². The molecule has 112 valence electrons. The lowest BCUT2D eigenvalue weighted by atomic mass is 9.64. The van der Waals surface area contributed by atoms with Crippen LogP contribution in [0.4, 0.5) is 0 Å². The molecular formula is C15H29NO3. The molecule has 4 nitrogen and oxygen atoms in total. The molecule has 0 aromatic carbocycles. The van der Waals surface area contributed by atoms with E-state index in [0.29, 0.717) is 12.1 Å². The topological polar surface area (TPSA) is 39.7 Å². The standard InChI is InChI=1S/C15H29NO3/c1-5-19-13-10-12(14(13,2)3)16-11-15(17-4)6-8-18-9-7-15/h12-13,16H,5-11H2,1-4H3. The summed E-state index contributed by atoms with van der Waals surface area (Å²) >= 11 is 0. The summed E-state index contributed by atoms with van der Waals surface area (Å²) in [6, 6.07) is 0.527. The van der Waals surface area contributed by atoms with Gasteiger partial charge in [0.15, 0.2) is 0 Å². The molecule has 0 spiro atoms. The number of nitrogens with one attached hydrogen (secondary N) is 1. The third kappa shape index (κ3) is 3.13. The van der Waals surface area contributed by atoms with Crippen LogP contribution in [0.5, 0.6) is 0 Å². The molecule has 1 saturated carbocycles. The van der Waals surface area contributed by atoms with Gasteiger partial charge in [0, 0.05) is 57.8 Å². The SMILES string of the molecule is CCOC1CC(NCC2(OC)CCOCC2)C1(C)C. The van der Waals surface area contributed by atoms with Crippen molar-refractivity contribution in [1.82, 2.24) is 5.32 Å². The predicted octanol–water partition coefficient (Wildman–Crippen LogP) is 1.98. The van der Waals surface area contributed by atoms with Gasteiger partial charge in [-0.05, 0) is 13.3 Å². The Bertz CT molecular complexity index is 287. The van der Waals surface area contributed by atoms with Gasteiger partial charge >= 0.3 is 0 Å². The van der Waals surface area contributed by atoms with Gasteiger partial charge in [0.25, 0.3) is 0 Å². The number of hydrogen-bond acceptors (Lipinski definition) is 4. The number of rotatable bonds is 6. The summed E-state index contributed by atoms with van der Waals surface area (Å²) in [5, 5.41) is 3.70. The van der Waals surface area contributed by atoms with Gasteiger partial charge < -0.3 is 19.5 Å². The lowest BCUT2D eigenvalue weighted by molar-refractivity contribution is -0.128. The van der Waals surface area contributed by atoms with E-state index in [-0.39, 0.29) is 11.0 Å². The molecular weight excluding hydrogens is 242 g/mol. The molecule has 1 aliphatic carbocycles. The molecule has 2 aliphatic rings. The zero-order chi connectivity index (χ0) is 13.9. The Morgan fingerprint density at radius 1 is 1.26 bits per heavy atom. The summed E-state index contributed by atoms with van der Waals surface area (Å²) in [5.74, 6) is 0. The van der Waals surface area contributed by atoms with Crippen LogP contribution < -0.4 is 5.32 Å². The smallest absolute Gasteiger partial charge is 0.0846 e. The molecule has 1 N–H and O–H groups in total. The molecule has 19 heavy (non-hydrogen) atoms. The lowest BCUT2D eigenvalue weighted by Crippen LogP contribution is -2.63. The van der Waals surface area contributed by atoms with E-state index in [2.05, 4.69) is 26.1 Å². The van der Waals surface area contributed by atoms with Crippen LogP contribution in [0.25, 0.3) is 0 Å². The Morgan fingerprint density at radius 2 is 1.95 bits per heavy atom. The maximum Gasteiger partial charge on any atom is 0.0846 e. The molecule has 2 rings (SSSR count). The van der Waals surface area contributed by atoms with Crippen LogP contribution >= 0.6 is 0 Å². The Morgan fingerprint density at radius 3 is 2.47 bits per heavy atom. The summed E-state index contributed by atoms with van der Waals surface area (Å²) in [7, 11) is 1.82. The molecule has 0 aromatic heterocycles. The summed E-state index contributed by atoms with van der Waals surface area (Å²) in [5.41, 5.74) is 0.182. The number of methoxy groups -OCH3 is 1. The average molecular weight is 271 g/mol. The lowest BCUT2D eigenvalue weighted by Gasteiger charge is -2.53. The van der Waals surface area contributed by atoms with Crippen LogP contribution in [0.1, 0.15) is 40.0 Å². The Balaban J connectivity index is 1.82. The highest BCUT2D eigenvalue weighted by molar-refractivity contribution is 5.03. The Kier molecular flexibility index (Phi) is 4.88. The maximum atomic E-state index is 5.78. The zero-order valence-corrected chi connectivity index (χ0v) is 12.8. The van der Waals surface area contributed by atoms with Gasteiger partial charge in [-0.3, -0.25) is 0 Å². The van der Waals surface area contributed by atoms with Crippen molar-refractivity contribution in [1.29, 1.82) is 0 Å². The highest BCUT2D eigenvalue weighted by Crippen LogP contribution is 2.43. The van der Waals surface area contributed by atoms with E-state index in [0.717, 1.165) is 45.6 Å². The van der Waals surface area contributed by atoms with E-state index < -0.39 is 0 Å². The van der Waals surface area contributed by atoms with Crippen LogP contribution in [-0.4, -0.2) is 51.2 Å². The first kappa shape index (κ1) is 15.2. The van der Waals surface area contributed by atoms with Crippen LogP contribution in [0, 0.1) is 5.41 Å². The van der Waals surface area contributed by atoms with Crippen molar-refractivity contribution in [2.24, 2.45) is 5.41 Å². The van der Waals surface area contributed by atoms with Crippen molar-refractivity contribution in [2.75, 3.05) is 33.5 Å². The summed E-state index contributed by atoms with van der Waals surface area (Å²) in [6.07, 6.45) is 3.47. The van der Waals surface area contributed by atoms with Gasteiger partial charge in [0.05, 0.1) is 11.7 Å². The van der Waals surface area contributed by atoms with Crippen molar-refractivity contribution in [3.8, 4) is 0 Å². The van der Waals surface area contributed by atoms with E-state index >= 15 is 0 Å². The highest BCUT2D eigenvalue weighted by atomic mass is 16.5. The molecule has 0 bridgehead atoms. The summed E-state index contributed by atoms with van der Waals surface area (Å²) in [4.78, 5) is 0. The van der Waals surface area contributed by atoms with E-state index in [1.54, 1.807) is 0 Å². The monoisotopic (exact) mass is 271 g/mol. The van der Waals surface area contributed by atoms with Gasteiger partial charge in [0.2, 0.25) is 0 Å². The molecule has 4 heteroatoms. The van der Waals surface area contributed by atoms with E-state index in [1.165, 1.54) is 0 Å². The third-order valence-electron chi connectivity index (χ3n) is 5.05. The van der Waals surface area contributed by atoms with E-state index in [9.17, 15) is 0 Å². The molecule has 0 aromatic rings. The van der Waals surface area contributed by atoms with Crippen molar-refractivity contribution >= 4 is 0 Å². The summed E-state index contributed by atoms with van der Waals surface area (Å²) in [6.45, 7) is 9.99. The second kappa shape index (κ2) is 6.08. The molecule has 1 saturated heterocycles. The Hall–Kier alpha value is -0.160. The van der Waals surface area contributed by atoms with E-state index in [1.807, 2.05) is 7.11 Å². The maximum absolute atomic E-state index is 5.78. The van der Waals surface area contributed by atoms with Gasteiger partial charge in [-0.15, -0.1) is 0 Å². The largest absolute Gasteiger partial charge is 0.381 e. The van der Waals surface area contributed by atoms with Crippen molar-refractivity contribution in [3.05, 3.63) is 0 Å². The quantitative estimate of drug-likeness (QED) is 0.802. The first-order valence-electron chi connectivity index (χ1n) is 7.52. The fourth-order valence-corrected chi connectivity index (χ4v) is 3.22. The number of hydrogen-bond donors (Lipinski definition) is 1. The predicted molar refractivity (Wildman–Crippen MR) is 75.4 cm³/mol. The van der Waals surface area contributed by atoms with Gasteiger partial charge in [-0.1, -0.05) is 13.8 Å². The Labute approximate surface area is 117 Å². The normalized spacial score (nSPS) is 32.8. The second-order valence-corrected chi connectivity index (χ2v) is 6.43. The van der Waals surface area contributed by atoms with Crippen molar-refractivity contribution in [3.63, 3.8) is 0 Å². The van der Waals surface area contributed by atoms with E-state index in [4.69, 9.17) is 14.2 Å². The average Bonchev–Trinajstić information content (AvgIpc) is 2.43. The van der Waals surface area contributed by atoms with Gasteiger partial charge in [-0.2, -0.15) is 0 Å². The third-order valence-corrected chi connectivity index (χ3v) is 5.05. The fourth-order valence-electron chi connectivity index (χ4n) is 3.22. The first-order valence-corrected chi connectivity index (χ1v) is 7.52. The van der Waals surface area contributed by atoms with Crippen LogP contribution in [0.15, 0.2) is 0 Å². The molecule has 1 heterocycles. The van der Waals surface area contributed by atoms with Crippen molar-refractivity contribution < 1.29 is 14.2 Å². The molecule has 2 unspecified atom stereocenters. The minimum atomic E-state index is -0.0367.